The van der Waals surface area contributed by atoms with Crippen molar-refractivity contribution in [3.8, 4) is 0 Å². The van der Waals surface area contributed by atoms with Gasteiger partial charge in [0.2, 0.25) is 0 Å². The zero-order valence-electron chi connectivity index (χ0n) is 9.33. The number of rotatable bonds is 4. The molecule has 0 saturated heterocycles. The van der Waals surface area contributed by atoms with Crippen molar-refractivity contribution in [1.82, 2.24) is 5.32 Å². The summed E-state index contributed by atoms with van der Waals surface area (Å²) in [5.41, 5.74) is 1.36. The van der Waals surface area contributed by atoms with Gasteiger partial charge in [-0.25, -0.2) is 0 Å². The summed E-state index contributed by atoms with van der Waals surface area (Å²) in [5, 5.41) is 4.45. The molecule has 2 atom stereocenters. The highest BCUT2D eigenvalue weighted by Gasteiger charge is 2.25. The van der Waals surface area contributed by atoms with Gasteiger partial charge in [0.25, 0.3) is 0 Å². The molecule has 2 heteroatoms. The van der Waals surface area contributed by atoms with E-state index in [1.165, 1.54) is 18.4 Å². The second kappa shape index (κ2) is 4.54. The fraction of sp³-hybridized carbons (Fsp3) is 0.538. The van der Waals surface area contributed by atoms with Gasteiger partial charge in [0.1, 0.15) is 0 Å². The number of hydrogen-bond acceptors (Lipinski definition) is 1. The molecule has 0 heterocycles. The summed E-state index contributed by atoms with van der Waals surface area (Å²) in [6.45, 7) is 4.53. The van der Waals surface area contributed by atoms with E-state index in [1.54, 1.807) is 0 Å². The maximum atomic E-state index is 5.87. The fourth-order valence-corrected chi connectivity index (χ4v) is 1.95. The van der Waals surface area contributed by atoms with Gasteiger partial charge in [-0.1, -0.05) is 30.7 Å². The Morgan fingerprint density at radius 1 is 1.20 bits per heavy atom. The van der Waals surface area contributed by atoms with Gasteiger partial charge in [0, 0.05) is 17.1 Å². The smallest absolute Gasteiger partial charge is 0.0406 e. The molecule has 0 aliphatic heterocycles. The van der Waals surface area contributed by atoms with E-state index in [0.717, 1.165) is 11.1 Å². The average molecular weight is 224 g/mol. The molecular weight excluding hydrogens is 206 g/mol. The van der Waals surface area contributed by atoms with Crippen molar-refractivity contribution in [2.45, 2.75) is 44.7 Å². The summed E-state index contributed by atoms with van der Waals surface area (Å²) < 4.78 is 0. The molecule has 0 aromatic heterocycles. The Morgan fingerprint density at radius 3 is 2.33 bits per heavy atom. The van der Waals surface area contributed by atoms with Crippen molar-refractivity contribution >= 4 is 11.6 Å². The van der Waals surface area contributed by atoms with Crippen molar-refractivity contribution in [2.75, 3.05) is 0 Å². The van der Waals surface area contributed by atoms with Gasteiger partial charge >= 0.3 is 0 Å². The second-order valence-electron chi connectivity index (χ2n) is 4.57. The Morgan fingerprint density at radius 2 is 1.80 bits per heavy atom. The molecule has 0 amide bonds. The Bertz CT molecular complexity index is 316. The second-order valence-corrected chi connectivity index (χ2v) is 5.01. The van der Waals surface area contributed by atoms with Crippen LogP contribution in [0.3, 0.4) is 0 Å². The van der Waals surface area contributed by atoms with Crippen LogP contribution in [-0.2, 0) is 0 Å². The lowest BCUT2D eigenvalue weighted by atomic mass is 9.94. The van der Waals surface area contributed by atoms with Crippen molar-refractivity contribution in [1.29, 1.82) is 0 Å². The van der Waals surface area contributed by atoms with Crippen LogP contribution in [0.25, 0.3) is 0 Å². The first-order chi connectivity index (χ1) is 7.16. The molecule has 2 unspecified atom stereocenters. The van der Waals surface area contributed by atoms with Gasteiger partial charge < -0.3 is 5.32 Å². The molecule has 1 aliphatic carbocycles. The van der Waals surface area contributed by atoms with Crippen LogP contribution in [0, 0.1) is 0 Å². The van der Waals surface area contributed by atoms with Crippen LogP contribution in [0.1, 0.15) is 38.2 Å². The molecule has 1 aromatic carbocycles. The van der Waals surface area contributed by atoms with Crippen molar-refractivity contribution in [3.63, 3.8) is 0 Å². The summed E-state index contributed by atoms with van der Waals surface area (Å²) in [7, 11) is 0. The Hall–Kier alpha value is -0.530. The summed E-state index contributed by atoms with van der Waals surface area (Å²) in [6, 6.07) is 9.50. The van der Waals surface area contributed by atoms with Gasteiger partial charge in [-0.05, 0) is 43.4 Å². The molecule has 1 nitrogen and oxygen atoms in total. The van der Waals surface area contributed by atoms with Crippen LogP contribution >= 0.6 is 11.6 Å². The minimum atomic E-state index is 0.540. The van der Waals surface area contributed by atoms with Crippen molar-refractivity contribution in [2.24, 2.45) is 0 Å². The molecule has 15 heavy (non-hydrogen) atoms. The molecular formula is C13H18ClN. The van der Waals surface area contributed by atoms with E-state index < -0.39 is 0 Å². The van der Waals surface area contributed by atoms with Gasteiger partial charge in [-0.2, -0.15) is 0 Å². The van der Waals surface area contributed by atoms with Crippen LogP contribution in [-0.4, -0.2) is 12.1 Å². The summed E-state index contributed by atoms with van der Waals surface area (Å²) in [4.78, 5) is 0. The van der Waals surface area contributed by atoms with Gasteiger partial charge in [0.15, 0.2) is 0 Å². The fourth-order valence-electron chi connectivity index (χ4n) is 1.82. The quantitative estimate of drug-likeness (QED) is 0.823. The monoisotopic (exact) mass is 223 g/mol. The minimum absolute atomic E-state index is 0.540. The van der Waals surface area contributed by atoms with E-state index in [1.807, 2.05) is 12.1 Å². The first kappa shape index (κ1) is 11.0. The predicted octanol–water partition coefficient (Wildman–Crippen LogP) is 3.58. The number of hydrogen-bond donors (Lipinski definition) is 1. The molecule has 1 fully saturated rings. The topological polar surface area (TPSA) is 12.0 Å². The highest BCUT2D eigenvalue weighted by molar-refractivity contribution is 6.30. The van der Waals surface area contributed by atoms with E-state index in [9.17, 15) is 0 Å². The van der Waals surface area contributed by atoms with Gasteiger partial charge in [0.05, 0.1) is 0 Å². The zero-order chi connectivity index (χ0) is 10.8. The Labute approximate surface area is 96.8 Å². The lowest BCUT2D eigenvalue weighted by molar-refractivity contribution is 0.478. The molecule has 82 valence electrons. The van der Waals surface area contributed by atoms with Gasteiger partial charge in [-0.3, -0.25) is 0 Å². The van der Waals surface area contributed by atoms with E-state index in [0.29, 0.717) is 12.0 Å². The van der Waals surface area contributed by atoms with Crippen molar-refractivity contribution in [3.05, 3.63) is 34.9 Å². The SMILES string of the molecule is CC(NC1CC1)C(C)c1ccc(Cl)cc1. The first-order valence-electron chi connectivity index (χ1n) is 5.68. The molecule has 1 N–H and O–H groups in total. The third kappa shape index (κ3) is 2.96. The van der Waals surface area contributed by atoms with E-state index in [-0.39, 0.29) is 0 Å². The third-order valence-electron chi connectivity index (χ3n) is 3.22. The van der Waals surface area contributed by atoms with Crippen LogP contribution in [0.2, 0.25) is 5.02 Å². The van der Waals surface area contributed by atoms with Crippen LogP contribution in [0.4, 0.5) is 0 Å². The average Bonchev–Trinajstić information content (AvgIpc) is 3.02. The highest BCUT2D eigenvalue weighted by atomic mass is 35.5. The molecule has 1 aromatic rings. The maximum Gasteiger partial charge on any atom is 0.0406 e. The molecule has 0 spiro atoms. The van der Waals surface area contributed by atoms with Crippen molar-refractivity contribution < 1.29 is 0 Å². The Kier molecular flexibility index (Phi) is 3.32. The summed E-state index contributed by atoms with van der Waals surface area (Å²) in [5.74, 6) is 0.544. The van der Waals surface area contributed by atoms with E-state index in [4.69, 9.17) is 11.6 Å². The van der Waals surface area contributed by atoms with Crippen LogP contribution in [0.5, 0.6) is 0 Å². The number of nitrogens with one attached hydrogen (secondary N) is 1. The van der Waals surface area contributed by atoms with Crippen LogP contribution < -0.4 is 5.32 Å². The predicted molar refractivity (Wildman–Crippen MR) is 65.5 cm³/mol. The van der Waals surface area contributed by atoms with E-state index >= 15 is 0 Å². The molecule has 0 bridgehead atoms. The van der Waals surface area contributed by atoms with Crippen LogP contribution in [0.15, 0.2) is 24.3 Å². The third-order valence-corrected chi connectivity index (χ3v) is 3.47. The largest absolute Gasteiger partial charge is 0.311 e. The summed E-state index contributed by atoms with van der Waals surface area (Å²) >= 11 is 5.87. The number of halogens is 1. The number of benzene rings is 1. The van der Waals surface area contributed by atoms with Gasteiger partial charge in [-0.15, -0.1) is 0 Å². The maximum absolute atomic E-state index is 5.87. The minimum Gasteiger partial charge on any atom is -0.311 e. The molecule has 0 radical (unpaired) electrons. The summed E-state index contributed by atoms with van der Waals surface area (Å²) in [6.07, 6.45) is 2.69. The molecule has 1 saturated carbocycles. The normalized spacial score (nSPS) is 19.9. The van der Waals surface area contributed by atoms with E-state index in [2.05, 4.69) is 31.3 Å². The highest BCUT2D eigenvalue weighted by Crippen LogP contribution is 2.25. The zero-order valence-corrected chi connectivity index (χ0v) is 10.1. The Balaban J connectivity index is 1.98. The molecule has 1 aliphatic rings. The lowest BCUT2D eigenvalue weighted by Gasteiger charge is -2.21. The standard InChI is InChI=1S/C13H18ClN/c1-9(10(2)15-13-7-8-13)11-3-5-12(14)6-4-11/h3-6,9-10,13,15H,7-8H2,1-2H3. The molecule has 2 rings (SSSR count). The lowest BCUT2D eigenvalue weighted by Crippen LogP contribution is -2.32. The first-order valence-corrected chi connectivity index (χ1v) is 6.06.